The number of hydrogen-bond donors (Lipinski definition) is 1. The third kappa shape index (κ3) is 4.37. The summed E-state index contributed by atoms with van der Waals surface area (Å²) in [5.74, 6) is -2.35. The second-order valence-electron chi connectivity index (χ2n) is 7.26. The van der Waals surface area contributed by atoms with E-state index >= 15 is 0 Å². The van der Waals surface area contributed by atoms with Crippen molar-refractivity contribution in [1.82, 2.24) is 9.55 Å². The number of aryl methyl sites for hydroxylation is 1. The molecule has 7 nitrogen and oxygen atoms in total. The Morgan fingerprint density at radius 1 is 1.06 bits per heavy atom. The molecule has 33 heavy (non-hydrogen) atoms. The van der Waals surface area contributed by atoms with Crippen molar-refractivity contribution in [3.8, 4) is 0 Å². The summed E-state index contributed by atoms with van der Waals surface area (Å²) in [6.07, 6.45) is 1.04. The number of aromatic nitrogens is 2. The Labute approximate surface area is 187 Å². The largest absolute Gasteiger partial charge is 0.322 e. The van der Waals surface area contributed by atoms with Gasteiger partial charge in [-0.2, -0.15) is 0 Å². The molecule has 0 saturated heterocycles. The molecule has 0 aliphatic heterocycles. The van der Waals surface area contributed by atoms with E-state index in [1.54, 1.807) is 19.1 Å². The predicted molar refractivity (Wildman–Crippen MR) is 118 cm³/mol. The van der Waals surface area contributed by atoms with Gasteiger partial charge in [-0.1, -0.05) is 18.2 Å². The quantitative estimate of drug-likeness (QED) is 0.483. The van der Waals surface area contributed by atoms with Crippen LogP contribution < -0.4 is 10.7 Å². The number of amides is 1. The molecule has 0 fully saturated rings. The van der Waals surface area contributed by atoms with Crippen LogP contribution in [-0.4, -0.2) is 23.9 Å². The SMILES string of the molecule is Cc1ccc2c(=O)c(S(=O)(=O)c3ccccc3)cn(CC(=O)Nc3cc(F)ccc3F)c2n1. The second kappa shape index (κ2) is 8.55. The lowest BCUT2D eigenvalue weighted by Gasteiger charge is -2.14. The lowest BCUT2D eigenvalue weighted by molar-refractivity contribution is -0.116. The van der Waals surface area contributed by atoms with E-state index < -0.39 is 44.2 Å². The van der Waals surface area contributed by atoms with E-state index in [0.29, 0.717) is 5.69 Å². The fourth-order valence-corrected chi connectivity index (χ4v) is 4.70. The van der Waals surface area contributed by atoms with Crippen molar-refractivity contribution in [3.63, 3.8) is 0 Å². The standard InChI is InChI=1S/C23H17F2N3O4S/c1-14-7-9-17-22(30)20(33(31,32)16-5-3-2-4-6-16)12-28(23(17)26-14)13-21(29)27-19-11-15(24)8-10-18(19)25/h2-12H,13H2,1H3,(H,27,29). The molecule has 168 valence electrons. The maximum absolute atomic E-state index is 13.9. The molecule has 1 N–H and O–H groups in total. The molecule has 0 bridgehead atoms. The van der Waals surface area contributed by atoms with Crippen LogP contribution in [-0.2, 0) is 21.2 Å². The number of pyridine rings is 2. The molecular formula is C23H17F2N3O4S. The van der Waals surface area contributed by atoms with E-state index in [1.807, 2.05) is 0 Å². The van der Waals surface area contributed by atoms with Gasteiger partial charge in [0.2, 0.25) is 21.2 Å². The van der Waals surface area contributed by atoms with E-state index in [-0.39, 0.29) is 21.6 Å². The van der Waals surface area contributed by atoms with Crippen LogP contribution in [0.3, 0.4) is 0 Å². The van der Waals surface area contributed by atoms with Gasteiger partial charge in [0.1, 0.15) is 28.7 Å². The predicted octanol–water partition coefficient (Wildman–Crippen LogP) is 3.45. The highest BCUT2D eigenvalue weighted by molar-refractivity contribution is 7.91. The topological polar surface area (TPSA) is 98.1 Å². The first-order valence-electron chi connectivity index (χ1n) is 9.72. The number of hydrogen-bond acceptors (Lipinski definition) is 5. The van der Waals surface area contributed by atoms with Crippen LogP contribution in [0.15, 0.2) is 81.4 Å². The molecule has 0 saturated carbocycles. The van der Waals surface area contributed by atoms with Gasteiger partial charge < -0.3 is 9.88 Å². The summed E-state index contributed by atoms with van der Waals surface area (Å²) >= 11 is 0. The summed E-state index contributed by atoms with van der Waals surface area (Å²) in [5, 5.41) is 2.26. The minimum atomic E-state index is -4.20. The van der Waals surface area contributed by atoms with E-state index in [2.05, 4.69) is 10.3 Å². The summed E-state index contributed by atoms with van der Waals surface area (Å²) in [6.45, 7) is 1.17. The van der Waals surface area contributed by atoms with Gasteiger partial charge in [-0.05, 0) is 43.3 Å². The number of anilines is 1. The summed E-state index contributed by atoms with van der Waals surface area (Å²) in [6, 6.07) is 13.0. The average Bonchev–Trinajstić information content (AvgIpc) is 2.78. The molecular weight excluding hydrogens is 452 g/mol. The van der Waals surface area contributed by atoms with Crippen molar-refractivity contribution < 1.29 is 22.0 Å². The maximum Gasteiger partial charge on any atom is 0.244 e. The van der Waals surface area contributed by atoms with Crippen molar-refractivity contribution in [2.45, 2.75) is 23.3 Å². The van der Waals surface area contributed by atoms with Crippen LogP contribution in [0.1, 0.15) is 5.69 Å². The van der Waals surface area contributed by atoms with Crippen LogP contribution in [0.2, 0.25) is 0 Å². The van der Waals surface area contributed by atoms with Crippen molar-refractivity contribution in [1.29, 1.82) is 0 Å². The van der Waals surface area contributed by atoms with Gasteiger partial charge in [0.05, 0.1) is 16.0 Å². The number of nitrogens with zero attached hydrogens (tertiary/aromatic N) is 2. The Hall–Kier alpha value is -3.92. The molecule has 2 aromatic heterocycles. The third-order valence-corrected chi connectivity index (χ3v) is 6.65. The van der Waals surface area contributed by atoms with E-state index in [1.165, 1.54) is 34.9 Å². The van der Waals surface area contributed by atoms with Crippen LogP contribution in [0, 0.1) is 18.6 Å². The molecule has 0 aliphatic rings. The average molecular weight is 469 g/mol. The molecule has 0 unspecified atom stereocenters. The second-order valence-corrected chi connectivity index (χ2v) is 9.18. The van der Waals surface area contributed by atoms with E-state index in [4.69, 9.17) is 0 Å². The van der Waals surface area contributed by atoms with Gasteiger partial charge in [0, 0.05) is 18.0 Å². The number of halogens is 2. The minimum Gasteiger partial charge on any atom is -0.322 e. The third-order valence-electron chi connectivity index (χ3n) is 4.89. The molecule has 2 heterocycles. The Morgan fingerprint density at radius 3 is 2.52 bits per heavy atom. The fourth-order valence-electron chi connectivity index (χ4n) is 3.31. The van der Waals surface area contributed by atoms with Crippen molar-refractivity contribution >= 4 is 32.5 Å². The zero-order valence-corrected chi connectivity index (χ0v) is 18.1. The zero-order chi connectivity index (χ0) is 23.8. The smallest absolute Gasteiger partial charge is 0.244 e. The Morgan fingerprint density at radius 2 is 1.79 bits per heavy atom. The number of carbonyl (C=O) groups excluding carboxylic acids is 1. The molecule has 10 heteroatoms. The molecule has 1 amide bonds. The van der Waals surface area contributed by atoms with E-state index in [0.717, 1.165) is 24.4 Å². The first-order valence-corrected chi connectivity index (χ1v) is 11.2. The highest BCUT2D eigenvalue weighted by Crippen LogP contribution is 2.21. The van der Waals surface area contributed by atoms with Crippen LogP contribution >= 0.6 is 0 Å². The first-order chi connectivity index (χ1) is 15.7. The summed E-state index contributed by atoms with van der Waals surface area (Å²) in [7, 11) is -4.20. The molecule has 0 aliphatic carbocycles. The minimum absolute atomic E-state index is 0.00217. The summed E-state index contributed by atoms with van der Waals surface area (Å²) in [5.41, 5.74) is -0.506. The van der Waals surface area contributed by atoms with Crippen LogP contribution in [0.4, 0.5) is 14.5 Å². The Bertz CT molecular complexity index is 1550. The van der Waals surface area contributed by atoms with Crippen molar-refractivity contribution in [2.24, 2.45) is 0 Å². The number of nitrogens with one attached hydrogen (secondary N) is 1. The lowest BCUT2D eigenvalue weighted by Crippen LogP contribution is -2.24. The molecule has 0 spiro atoms. The summed E-state index contributed by atoms with van der Waals surface area (Å²) in [4.78, 5) is 29.3. The Kier molecular flexibility index (Phi) is 5.77. The Balaban J connectivity index is 1.83. The number of fused-ring (bicyclic) bond motifs is 1. The van der Waals surface area contributed by atoms with Gasteiger partial charge in [-0.15, -0.1) is 0 Å². The van der Waals surface area contributed by atoms with Gasteiger partial charge in [0.15, 0.2) is 0 Å². The monoisotopic (exact) mass is 469 g/mol. The van der Waals surface area contributed by atoms with Crippen LogP contribution in [0.5, 0.6) is 0 Å². The number of benzene rings is 2. The highest BCUT2D eigenvalue weighted by Gasteiger charge is 2.24. The van der Waals surface area contributed by atoms with Crippen molar-refractivity contribution in [3.05, 3.63) is 94.4 Å². The lowest BCUT2D eigenvalue weighted by atomic mass is 10.2. The highest BCUT2D eigenvalue weighted by atomic mass is 32.2. The summed E-state index contributed by atoms with van der Waals surface area (Å²) < 4.78 is 54.8. The molecule has 0 atom stereocenters. The number of sulfone groups is 1. The normalized spacial score (nSPS) is 11.5. The van der Waals surface area contributed by atoms with Crippen molar-refractivity contribution in [2.75, 3.05) is 5.32 Å². The number of rotatable bonds is 5. The molecule has 2 aromatic carbocycles. The van der Waals surface area contributed by atoms with Gasteiger partial charge >= 0.3 is 0 Å². The molecule has 0 radical (unpaired) electrons. The van der Waals surface area contributed by atoms with E-state index in [9.17, 15) is 26.8 Å². The van der Waals surface area contributed by atoms with Crippen LogP contribution in [0.25, 0.3) is 11.0 Å². The van der Waals surface area contributed by atoms with Gasteiger partial charge in [-0.25, -0.2) is 22.2 Å². The van der Waals surface area contributed by atoms with Gasteiger partial charge in [-0.3, -0.25) is 9.59 Å². The molecule has 4 aromatic rings. The maximum atomic E-state index is 13.9. The number of carbonyl (C=O) groups is 1. The first kappa shape index (κ1) is 22.3. The van der Waals surface area contributed by atoms with Gasteiger partial charge in [0.25, 0.3) is 0 Å². The fraction of sp³-hybridized carbons (Fsp3) is 0.0870. The molecule has 4 rings (SSSR count). The zero-order valence-electron chi connectivity index (χ0n) is 17.2.